The minimum Gasteiger partial charge on any atom is -0.388 e. The number of ether oxygens (including phenoxy) is 1. The Balaban J connectivity index is 1.74. The summed E-state index contributed by atoms with van der Waals surface area (Å²) in [5.41, 5.74) is -0.775. The van der Waals surface area contributed by atoms with Crippen molar-refractivity contribution in [3.05, 3.63) is 0 Å². The van der Waals surface area contributed by atoms with Crippen LogP contribution in [0.25, 0.3) is 0 Å². The van der Waals surface area contributed by atoms with Crippen molar-refractivity contribution in [1.29, 1.82) is 0 Å². The number of carbonyl (C=O) groups excluding carboxylic acids is 1. The first-order valence-corrected chi connectivity index (χ1v) is 6.51. The van der Waals surface area contributed by atoms with Gasteiger partial charge in [-0.1, -0.05) is 6.42 Å². The molecule has 0 aromatic carbocycles. The Hall–Kier alpha value is -0.650. The highest BCUT2D eigenvalue weighted by molar-refractivity contribution is 5.81. The molecule has 98 valence electrons. The largest absolute Gasteiger partial charge is 0.388 e. The van der Waals surface area contributed by atoms with Gasteiger partial charge in [-0.15, -0.1) is 0 Å². The zero-order valence-electron chi connectivity index (χ0n) is 10.2. The van der Waals surface area contributed by atoms with E-state index in [1.54, 1.807) is 0 Å². The number of aliphatic hydroxyl groups is 1. The molecule has 2 rings (SSSR count). The predicted molar refractivity (Wildman–Crippen MR) is 63.7 cm³/mol. The SMILES string of the molecule is O=C(NCC1(O)CCOCC1)[C@H]1CCCCN1. The fourth-order valence-electron chi connectivity index (χ4n) is 2.38. The minimum absolute atomic E-state index is 0.0182. The number of hydrogen-bond acceptors (Lipinski definition) is 4. The summed E-state index contributed by atoms with van der Waals surface area (Å²) in [5, 5.41) is 16.3. The molecule has 2 saturated heterocycles. The van der Waals surface area contributed by atoms with Gasteiger partial charge in [-0.25, -0.2) is 0 Å². The molecule has 0 radical (unpaired) electrons. The standard InChI is InChI=1S/C12H22N2O3/c15-11(10-3-1-2-6-13-10)14-9-12(16)4-7-17-8-5-12/h10,13,16H,1-9H2,(H,14,15)/t10-/m1/s1. The van der Waals surface area contributed by atoms with Crippen molar-refractivity contribution in [3.8, 4) is 0 Å². The van der Waals surface area contributed by atoms with Gasteiger partial charge < -0.3 is 20.5 Å². The van der Waals surface area contributed by atoms with Gasteiger partial charge in [0.25, 0.3) is 0 Å². The normalized spacial score (nSPS) is 28.6. The van der Waals surface area contributed by atoms with Gasteiger partial charge in [-0.2, -0.15) is 0 Å². The summed E-state index contributed by atoms with van der Waals surface area (Å²) >= 11 is 0. The molecule has 0 spiro atoms. The molecular weight excluding hydrogens is 220 g/mol. The topological polar surface area (TPSA) is 70.6 Å². The van der Waals surface area contributed by atoms with Gasteiger partial charge in [-0.05, 0) is 19.4 Å². The molecule has 1 amide bonds. The van der Waals surface area contributed by atoms with E-state index in [1.165, 1.54) is 0 Å². The van der Waals surface area contributed by atoms with Crippen LogP contribution in [-0.2, 0) is 9.53 Å². The molecule has 5 heteroatoms. The lowest BCUT2D eigenvalue weighted by molar-refractivity contribution is -0.126. The number of rotatable bonds is 3. The molecule has 17 heavy (non-hydrogen) atoms. The monoisotopic (exact) mass is 242 g/mol. The summed E-state index contributed by atoms with van der Waals surface area (Å²) in [6.07, 6.45) is 4.35. The average molecular weight is 242 g/mol. The van der Waals surface area contributed by atoms with Crippen LogP contribution in [0.3, 0.4) is 0 Å². The number of hydrogen-bond donors (Lipinski definition) is 3. The smallest absolute Gasteiger partial charge is 0.237 e. The summed E-state index contributed by atoms with van der Waals surface area (Å²) in [4.78, 5) is 11.9. The summed E-state index contributed by atoms with van der Waals surface area (Å²) in [6.45, 7) is 2.41. The van der Waals surface area contributed by atoms with E-state index >= 15 is 0 Å². The highest BCUT2D eigenvalue weighted by Gasteiger charge is 2.31. The van der Waals surface area contributed by atoms with Gasteiger partial charge in [0.2, 0.25) is 5.91 Å². The second-order valence-electron chi connectivity index (χ2n) is 5.06. The molecule has 2 aliphatic heterocycles. The van der Waals surface area contributed by atoms with Crippen LogP contribution in [0.5, 0.6) is 0 Å². The number of nitrogens with one attached hydrogen (secondary N) is 2. The van der Waals surface area contributed by atoms with Crippen molar-refractivity contribution in [2.75, 3.05) is 26.3 Å². The lowest BCUT2D eigenvalue weighted by Gasteiger charge is -2.33. The second kappa shape index (κ2) is 5.80. The molecule has 0 saturated carbocycles. The Morgan fingerprint density at radius 2 is 2.18 bits per heavy atom. The molecule has 3 N–H and O–H groups in total. The average Bonchev–Trinajstić information content (AvgIpc) is 2.38. The molecular formula is C12H22N2O3. The Labute approximate surface area is 102 Å². The fourth-order valence-corrected chi connectivity index (χ4v) is 2.38. The molecule has 0 aromatic heterocycles. The number of carbonyl (C=O) groups is 1. The van der Waals surface area contributed by atoms with E-state index in [2.05, 4.69) is 10.6 Å². The third-order valence-corrected chi connectivity index (χ3v) is 3.64. The quantitative estimate of drug-likeness (QED) is 0.640. The zero-order valence-corrected chi connectivity index (χ0v) is 10.2. The van der Waals surface area contributed by atoms with E-state index in [0.717, 1.165) is 25.8 Å². The third kappa shape index (κ3) is 3.66. The van der Waals surface area contributed by atoms with Crippen molar-refractivity contribution in [3.63, 3.8) is 0 Å². The Morgan fingerprint density at radius 1 is 1.41 bits per heavy atom. The van der Waals surface area contributed by atoms with Gasteiger partial charge in [0.1, 0.15) is 0 Å². The molecule has 5 nitrogen and oxygen atoms in total. The van der Waals surface area contributed by atoms with Crippen LogP contribution in [0.1, 0.15) is 32.1 Å². The van der Waals surface area contributed by atoms with Gasteiger partial charge in [-0.3, -0.25) is 4.79 Å². The van der Waals surface area contributed by atoms with Crippen LogP contribution in [0, 0.1) is 0 Å². The Bertz CT molecular complexity index is 258. The highest BCUT2D eigenvalue weighted by atomic mass is 16.5. The number of piperidine rings is 1. The van der Waals surface area contributed by atoms with Crippen LogP contribution in [-0.4, -0.2) is 49.0 Å². The van der Waals surface area contributed by atoms with Crippen LogP contribution in [0.4, 0.5) is 0 Å². The molecule has 2 fully saturated rings. The van der Waals surface area contributed by atoms with Crippen LogP contribution < -0.4 is 10.6 Å². The molecule has 0 bridgehead atoms. The van der Waals surface area contributed by atoms with E-state index in [4.69, 9.17) is 4.74 Å². The molecule has 2 heterocycles. The first kappa shape index (κ1) is 12.8. The van der Waals surface area contributed by atoms with Crippen molar-refractivity contribution >= 4 is 5.91 Å². The third-order valence-electron chi connectivity index (χ3n) is 3.64. The molecule has 0 aromatic rings. The van der Waals surface area contributed by atoms with Crippen molar-refractivity contribution < 1.29 is 14.6 Å². The van der Waals surface area contributed by atoms with E-state index in [9.17, 15) is 9.90 Å². The first-order chi connectivity index (χ1) is 8.20. The summed E-state index contributed by atoms with van der Waals surface area (Å²) in [7, 11) is 0. The van der Waals surface area contributed by atoms with Gasteiger partial charge >= 0.3 is 0 Å². The minimum atomic E-state index is -0.775. The zero-order chi connectivity index (χ0) is 12.1. The van der Waals surface area contributed by atoms with Gasteiger partial charge in [0, 0.05) is 32.6 Å². The molecule has 1 atom stereocenters. The summed E-state index contributed by atoms with van der Waals surface area (Å²) in [5.74, 6) is 0.0182. The maximum Gasteiger partial charge on any atom is 0.237 e. The van der Waals surface area contributed by atoms with E-state index in [-0.39, 0.29) is 11.9 Å². The van der Waals surface area contributed by atoms with Crippen molar-refractivity contribution in [2.45, 2.75) is 43.7 Å². The highest BCUT2D eigenvalue weighted by Crippen LogP contribution is 2.19. The van der Waals surface area contributed by atoms with E-state index < -0.39 is 5.60 Å². The first-order valence-electron chi connectivity index (χ1n) is 6.51. The molecule has 2 aliphatic rings. The Morgan fingerprint density at radius 3 is 2.82 bits per heavy atom. The lowest BCUT2D eigenvalue weighted by atomic mass is 9.94. The van der Waals surface area contributed by atoms with E-state index in [1.807, 2.05) is 0 Å². The lowest BCUT2D eigenvalue weighted by Crippen LogP contribution is -2.52. The fraction of sp³-hybridized carbons (Fsp3) is 0.917. The maximum absolute atomic E-state index is 11.9. The van der Waals surface area contributed by atoms with Crippen LogP contribution in [0.2, 0.25) is 0 Å². The molecule has 0 aliphatic carbocycles. The van der Waals surface area contributed by atoms with Gasteiger partial charge in [0.05, 0.1) is 11.6 Å². The van der Waals surface area contributed by atoms with Gasteiger partial charge in [0.15, 0.2) is 0 Å². The predicted octanol–water partition coefficient (Wildman–Crippen LogP) is -0.214. The summed E-state index contributed by atoms with van der Waals surface area (Å²) < 4.78 is 5.20. The second-order valence-corrected chi connectivity index (χ2v) is 5.06. The summed E-state index contributed by atoms with van der Waals surface area (Å²) in [6, 6.07) is -0.0767. The van der Waals surface area contributed by atoms with Crippen LogP contribution in [0.15, 0.2) is 0 Å². The van der Waals surface area contributed by atoms with E-state index in [0.29, 0.717) is 32.6 Å². The van der Waals surface area contributed by atoms with Crippen LogP contribution >= 0.6 is 0 Å². The maximum atomic E-state index is 11.9. The van der Waals surface area contributed by atoms with Crippen molar-refractivity contribution in [2.24, 2.45) is 0 Å². The van der Waals surface area contributed by atoms with Crippen molar-refractivity contribution in [1.82, 2.24) is 10.6 Å². The number of amides is 1. The Kier molecular flexibility index (Phi) is 4.36. The molecule has 0 unspecified atom stereocenters.